The molecule has 2 heterocycles. The smallest absolute Gasteiger partial charge is 0.348 e. The largest absolute Gasteiger partial charge is 0.482 e. The molecule has 11 heteroatoms. The summed E-state index contributed by atoms with van der Waals surface area (Å²) in [5.41, 5.74) is 6.19. The van der Waals surface area contributed by atoms with E-state index in [-0.39, 0.29) is 12.3 Å². The van der Waals surface area contributed by atoms with Gasteiger partial charge in [-0.05, 0) is 54.3 Å². The molecule has 1 aliphatic rings. The summed E-state index contributed by atoms with van der Waals surface area (Å²) in [6.45, 7) is 5.50. The van der Waals surface area contributed by atoms with Crippen LogP contribution >= 0.6 is 0 Å². The number of carboxylic acid groups (broad SMARTS) is 2. The van der Waals surface area contributed by atoms with Crippen molar-refractivity contribution in [2.24, 2.45) is 5.16 Å². The maximum absolute atomic E-state index is 13.3. The molecule has 0 radical (unpaired) electrons. The summed E-state index contributed by atoms with van der Waals surface area (Å²) >= 11 is 0. The number of hydrogen-bond acceptors (Lipinski definition) is 7. The fourth-order valence-corrected chi connectivity index (χ4v) is 6.11. The molecule has 3 aromatic carbocycles. The molecule has 0 spiro atoms. The number of unbranched alkanes of at least 4 members (excludes halogenated alkanes) is 6. The molecule has 1 aromatic heterocycles. The fraction of sp³-hybridized carbons (Fsp3) is 0.357. The highest BCUT2D eigenvalue weighted by Crippen LogP contribution is 2.34. The molecule has 5 rings (SSSR count). The molecule has 1 amide bonds. The third-order valence-corrected chi connectivity index (χ3v) is 9.12. The van der Waals surface area contributed by atoms with Crippen LogP contribution in [0.25, 0.3) is 40.0 Å². The van der Waals surface area contributed by atoms with Crippen LogP contribution in [0.15, 0.2) is 84.0 Å². The number of hydrogen-bond donors (Lipinski definition) is 3. The highest BCUT2D eigenvalue weighted by atomic mass is 16.7. The van der Waals surface area contributed by atoms with E-state index in [9.17, 15) is 19.5 Å². The van der Waals surface area contributed by atoms with Gasteiger partial charge < -0.3 is 29.7 Å². The van der Waals surface area contributed by atoms with E-state index in [0.29, 0.717) is 23.0 Å². The third kappa shape index (κ3) is 10.9. The first kappa shape index (κ1) is 38.5. The maximum Gasteiger partial charge on any atom is 0.348 e. The van der Waals surface area contributed by atoms with Gasteiger partial charge in [-0.3, -0.25) is 4.79 Å². The quantitative estimate of drug-likeness (QED) is 0.0607. The number of oxime groups is 1. The molecule has 1 atom stereocenters. The molecule has 0 saturated heterocycles. The summed E-state index contributed by atoms with van der Waals surface area (Å²) in [5, 5.41) is 22.2. The summed E-state index contributed by atoms with van der Waals surface area (Å²) in [6, 6.07) is 22.5. The van der Waals surface area contributed by atoms with Crippen molar-refractivity contribution in [1.82, 2.24) is 14.9 Å². The van der Waals surface area contributed by atoms with Crippen LogP contribution in [-0.2, 0) is 19.2 Å². The van der Waals surface area contributed by atoms with Crippen molar-refractivity contribution in [3.8, 4) is 39.7 Å². The van der Waals surface area contributed by atoms with E-state index < -0.39 is 24.6 Å². The predicted octanol–water partition coefficient (Wildman–Crippen LogP) is 8.45. The number of imidazole rings is 1. The monoisotopic (exact) mass is 720 g/mol. The number of carboxylic acids is 2. The van der Waals surface area contributed by atoms with E-state index in [4.69, 9.17) is 19.7 Å². The van der Waals surface area contributed by atoms with Crippen LogP contribution in [0, 0.1) is 0 Å². The Hall–Kier alpha value is -5.71. The van der Waals surface area contributed by atoms with Crippen LogP contribution in [0.2, 0.25) is 0 Å². The van der Waals surface area contributed by atoms with E-state index in [2.05, 4.69) is 24.0 Å². The summed E-state index contributed by atoms with van der Waals surface area (Å²) in [6.07, 6.45) is 11.7. The minimum Gasteiger partial charge on any atom is -0.482 e. The Morgan fingerprint density at radius 2 is 1.42 bits per heavy atom. The molecular weight excluding hydrogens is 672 g/mol. The van der Waals surface area contributed by atoms with Crippen LogP contribution in [-0.4, -0.2) is 74.4 Å². The zero-order valence-corrected chi connectivity index (χ0v) is 30.4. The minimum absolute atomic E-state index is 0.0404. The molecule has 278 valence electrons. The number of benzene rings is 3. The number of aliphatic carboxylic acids is 2. The molecule has 1 unspecified atom stereocenters. The number of carbonyl (C=O) groups excluding carboxylic acids is 1. The lowest BCUT2D eigenvalue weighted by atomic mass is 10.0. The van der Waals surface area contributed by atoms with Gasteiger partial charge in [0.15, 0.2) is 6.61 Å². The highest BCUT2D eigenvalue weighted by molar-refractivity contribution is 6.03. The lowest BCUT2D eigenvalue weighted by Gasteiger charge is -2.21. The number of aromatic nitrogens is 2. The molecule has 1 aliphatic heterocycles. The second-order valence-electron chi connectivity index (χ2n) is 13.2. The van der Waals surface area contributed by atoms with Gasteiger partial charge in [-0.2, -0.15) is 0 Å². The molecule has 0 bridgehead atoms. The van der Waals surface area contributed by atoms with Crippen molar-refractivity contribution < 1.29 is 34.2 Å². The van der Waals surface area contributed by atoms with Gasteiger partial charge in [0.05, 0.1) is 17.1 Å². The number of rotatable bonds is 20. The number of aromatic amines is 1. The molecule has 11 nitrogen and oxygen atoms in total. The van der Waals surface area contributed by atoms with E-state index in [1.54, 1.807) is 18.2 Å². The molecule has 53 heavy (non-hydrogen) atoms. The first-order chi connectivity index (χ1) is 25.7. The van der Waals surface area contributed by atoms with Gasteiger partial charge in [-0.15, -0.1) is 0 Å². The van der Waals surface area contributed by atoms with Crippen molar-refractivity contribution in [2.75, 3.05) is 19.7 Å². The third-order valence-electron chi connectivity index (χ3n) is 9.12. The van der Waals surface area contributed by atoms with Gasteiger partial charge in [0.2, 0.25) is 12.0 Å². The minimum atomic E-state index is -1.06. The van der Waals surface area contributed by atoms with Crippen LogP contribution in [0.4, 0.5) is 0 Å². The average molecular weight is 721 g/mol. The van der Waals surface area contributed by atoms with Gasteiger partial charge in [0.1, 0.15) is 11.6 Å². The van der Waals surface area contributed by atoms with Crippen LogP contribution in [0.3, 0.4) is 0 Å². The van der Waals surface area contributed by atoms with Crippen molar-refractivity contribution in [3.05, 3.63) is 90.0 Å². The predicted molar refractivity (Wildman–Crippen MR) is 206 cm³/mol. The Balaban J connectivity index is 1.37. The number of ether oxygens (including phenoxy) is 1. The second-order valence-corrected chi connectivity index (χ2v) is 13.2. The number of amides is 1. The normalized spacial score (nSPS) is 13.8. The van der Waals surface area contributed by atoms with Gasteiger partial charge >= 0.3 is 11.9 Å². The van der Waals surface area contributed by atoms with E-state index in [1.165, 1.54) is 12.8 Å². The number of nitrogens with zero attached hydrogens (tertiary/aromatic N) is 3. The van der Waals surface area contributed by atoms with Gasteiger partial charge in [-0.1, -0.05) is 106 Å². The molecular formula is C42H48N4O7. The second kappa shape index (κ2) is 19.2. The lowest BCUT2D eigenvalue weighted by molar-refractivity contribution is -0.148. The van der Waals surface area contributed by atoms with Crippen molar-refractivity contribution in [1.29, 1.82) is 0 Å². The average Bonchev–Trinajstić information content (AvgIpc) is 3.85. The first-order valence-corrected chi connectivity index (χ1v) is 18.4. The Morgan fingerprint density at radius 1 is 0.811 bits per heavy atom. The lowest BCUT2D eigenvalue weighted by Crippen LogP contribution is -2.31. The molecule has 0 saturated carbocycles. The van der Waals surface area contributed by atoms with E-state index in [1.807, 2.05) is 71.6 Å². The summed E-state index contributed by atoms with van der Waals surface area (Å²) in [7, 11) is 0. The van der Waals surface area contributed by atoms with Crippen LogP contribution in [0.1, 0.15) is 82.8 Å². The SMILES string of the molecule is CCCCCCN(CCCCCC)C(=O)/C=C/c1ccc(-c2[nH]c(-c3ccc(C4=NOC(C(=O)O)C4)cc3)nc2-c2ccc(OCC(=O)O)cc2)cc1. The van der Waals surface area contributed by atoms with E-state index >= 15 is 0 Å². The van der Waals surface area contributed by atoms with Gasteiger partial charge in [-0.25, -0.2) is 14.6 Å². The van der Waals surface area contributed by atoms with Crippen molar-refractivity contribution in [2.45, 2.75) is 77.7 Å². The summed E-state index contributed by atoms with van der Waals surface area (Å²) < 4.78 is 5.33. The zero-order valence-electron chi connectivity index (χ0n) is 30.4. The Bertz CT molecular complexity index is 1870. The van der Waals surface area contributed by atoms with E-state index in [0.717, 1.165) is 85.1 Å². The molecule has 0 fully saturated rings. The Kier molecular flexibility index (Phi) is 14.0. The standard InChI is InChI=1S/C42H48N4O7/c1-3-5-7-9-25-46(26-10-8-6-4-2)37(47)24-13-29-11-14-31(15-12-29)39-40(32-20-22-34(23-21-32)52-28-38(48)49)44-41(43-39)33-18-16-30(17-19-33)35-27-36(42(50)51)53-45-35/h11-24,36H,3-10,25-28H2,1-2H3,(H,43,44)(H,48,49)(H,50,51)/b24-13+. The van der Waals surface area contributed by atoms with Crippen LogP contribution in [0.5, 0.6) is 5.75 Å². The van der Waals surface area contributed by atoms with Crippen molar-refractivity contribution in [3.63, 3.8) is 0 Å². The molecule has 3 N–H and O–H groups in total. The number of carbonyl (C=O) groups is 3. The summed E-state index contributed by atoms with van der Waals surface area (Å²) in [4.78, 5) is 51.0. The van der Waals surface area contributed by atoms with Crippen molar-refractivity contribution >= 4 is 29.6 Å². The number of nitrogens with one attached hydrogen (secondary N) is 1. The Morgan fingerprint density at radius 3 is 2.00 bits per heavy atom. The zero-order chi connectivity index (χ0) is 37.6. The maximum atomic E-state index is 13.3. The van der Waals surface area contributed by atoms with Gasteiger partial charge in [0.25, 0.3) is 0 Å². The molecule has 0 aliphatic carbocycles. The Labute approximate surface area is 310 Å². The van der Waals surface area contributed by atoms with Crippen LogP contribution < -0.4 is 4.74 Å². The number of H-pyrrole nitrogens is 1. The van der Waals surface area contributed by atoms with Gasteiger partial charge in [0, 0.05) is 42.3 Å². The fourth-order valence-electron chi connectivity index (χ4n) is 6.11. The topological polar surface area (TPSA) is 154 Å². The molecule has 4 aromatic rings. The highest BCUT2D eigenvalue weighted by Gasteiger charge is 2.28. The first-order valence-electron chi connectivity index (χ1n) is 18.4. The summed E-state index contributed by atoms with van der Waals surface area (Å²) in [5.74, 6) is -1.02.